The number of aliphatic hydroxyl groups is 1. The zero-order valence-corrected chi connectivity index (χ0v) is 14.1. The van der Waals surface area contributed by atoms with Gasteiger partial charge in [-0.3, -0.25) is 9.69 Å². The average Bonchev–Trinajstić information content (AvgIpc) is 2.56. The minimum Gasteiger partial charge on any atom is -0.484 e. The van der Waals surface area contributed by atoms with E-state index >= 15 is 0 Å². The van der Waals surface area contributed by atoms with Crippen LogP contribution in [0.4, 0.5) is 0 Å². The van der Waals surface area contributed by atoms with Crippen molar-refractivity contribution >= 4 is 5.91 Å². The normalized spacial score (nSPS) is 21.9. The van der Waals surface area contributed by atoms with Crippen LogP contribution in [-0.2, 0) is 11.3 Å². The molecule has 2 rings (SSSR count). The summed E-state index contributed by atoms with van der Waals surface area (Å²) < 4.78 is 5.46. The molecule has 1 aliphatic heterocycles. The van der Waals surface area contributed by atoms with Gasteiger partial charge in [-0.15, -0.1) is 0 Å². The van der Waals surface area contributed by atoms with Crippen LogP contribution in [-0.4, -0.2) is 48.3 Å². The minimum atomic E-state index is -0.103. The second-order valence-electron chi connectivity index (χ2n) is 6.29. The molecule has 1 fully saturated rings. The van der Waals surface area contributed by atoms with Gasteiger partial charge in [0.2, 0.25) is 0 Å². The number of hydrogen-bond donors (Lipinski definition) is 2. The largest absolute Gasteiger partial charge is 0.484 e. The third-order valence-corrected chi connectivity index (χ3v) is 4.42. The van der Waals surface area contributed by atoms with Crippen LogP contribution in [0.1, 0.15) is 32.3 Å². The standard InChI is InChI=1S/C18H28N2O3/c1-3-19-18(22)13-23-17-8-6-15(7-9-17)10-20-11-16(12-21)5-4-14(20)2/h6-9,14,16,21H,3-5,10-13H2,1-2H3,(H,19,22). The lowest BCUT2D eigenvalue weighted by Crippen LogP contribution is -2.42. The maximum atomic E-state index is 11.4. The zero-order valence-electron chi connectivity index (χ0n) is 14.1. The molecule has 0 saturated carbocycles. The Morgan fingerprint density at radius 3 is 2.74 bits per heavy atom. The van der Waals surface area contributed by atoms with Crippen LogP contribution in [0.3, 0.4) is 0 Å². The van der Waals surface area contributed by atoms with Gasteiger partial charge in [0.1, 0.15) is 5.75 Å². The summed E-state index contributed by atoms with van der Waals surface area (Å²) in [7, 11) is 0. The first-order chi connectivity index (χ1) is 11.1. The summed E-state index contributed by atoms with van der Waals surface area (Å²) >= 11 is 0. The molecule has 2 unspecified atom stereocenters. The van der Waals surface area contributed by atoms with E-state index in [9.17, 15) is 9.90 Å². The van der Waals surface area contributed by atoms with E-state index in [4.69, 9.17) is 4.74 Å². The molecular formula is C18H28N2O3. The van der Waals surface area contributed by atoms with Crippen molar-refractivity contribution in [3.05, 3.63) is 29.8 Å². The maximum absolute atomic E-state index is 11.4. The number of likely N-dealkylation sites (N-methyl/N-ethyl adjacent to an activating group) is 1. The van der Waals surface area contributed by atoms with E-state index in [2.05, 4.69) is 17.1 Å². The highest BCUT2D eigenvalue weighted by Gasteiger charge is 2.24. The summed E-state index contributed by atoms with van der Waals surface area (Å²) in [5.41, 5.74) is 1.22. The Morgan fingerprint density at radius 2 is 2.09 bits per heavy atom. The van der Waals surface area contributed by atoms with Crippen LogP contribution in [0.5, 0.6) is 5.75 Å². The molecule has 1 aliphatic rings. The highest BCUT2D eigenvalue weighted by molar-refractivity contribution is 5.77. The van der Waals surface area contributed by atoms with Gasteiger partial charge in [0.05, 0.1) is 0 Å². The molecule has 1 aromatic carbocycles. The lowest BCUT2D eigenvalue weighted by atomic mass is 9.93. The summed E-state index contributed by atoms with van der Waals surface area (Å²) in [5.74, 6) is 1.000. The Kier molecular flexibility index (Phi) is 6.86. The number of aliphatic hydroxyl groups excluding tert-OH is 1. The Morgan fingerprint density at radius 1 is 1.35 bits per heavy atom. The third kappa shape index (κ3) is 5.52. The summed E-state index contributed by atoms with van der Waals surface area (Å²) in [5, 5.41) is 12.1. The van der Waals surface area contributed by atoms with E-state index in [1.54, 1.807) is 0 Å². The van der Waals surface area contributed by atoms with E-state index in [1.807, 2.05) is 31.2 Å². The van der Waals surface area contributed by atoms with Crippen LogP contribution in [0.25, 0.3) is 0 Å². The first kappa shape index (κ1) is 17.8. The molecule has 2 N–H and O–H groups in total. The highest BCUT2D eigenvalue weighted by atomic mass is 16.5. The number of carbonyl (C=O) groups excluding carboxylic acids is 1. The molecule has 0 aliphatic carbocycles. The zero-order chi connectivity index (χ0) is 16.7. The number of hydrogen-bond acceptors (Lipinski definition) is 4. The number of amides is 1. The first-order valence-electron chi connectivity index (χ1n) is 8.45. The average molecular weight is 320 g/mol. The number of benzene rings is 1. The number of nitrogens with zero attached hydrogens (tertiary/aromatic N) is 1. The van der Waals surface area contributed by atoms with Gasteiger partial charge in [-0.05, 0) is 50.3 Å². The molecule has 23 heavy (non-hydrogen) atoms. The van der Waals surface area contributed by atoms with Crippen molar-refractivity contribution in [2.75, 3.05) is 26.3 Å². The van der Waals surface area contributed by atoms with Crippen molar-refractivity contribution in [3.63, 3.8) is 0 Å². The van der Waals surface area contributed by atoms with E-state index in [1.165, 1.54) is 5.56 Å². The predicted octanol–water partition coefficient (Wildman–Crippen LogP) is 1.79. The second kappa shape index (κ2) is 8.89. The lowest BCUT2D eigenvalue weighted by Gasteiger charge is -2.37. The Balaban J connectivity index is 1.85. The second-order valence-corrected chi connectivity index (χ2v) is 6.29. The van der Waals surface area contributed by atoms with Gasteiger partial charge in [-0.25, -0.2) is 0 Å². The number of ether oxygens (including phenoxy) is 1. The molecule has 0 spiro atoms. The van der Waals surface area contributed by atoms with E-state index in [0.29, 0.717) is 24.3 Å². The van der Waals surface area contributed by atoms with Crippen LogP contribution >= 0.6 is 0 Å². The molecule has 5 heteroatoms. The van der Waals surface area contributed by atoms with Gasteiger partial charge < -0.3 is 15.2 Å². The summed E-state index contributed by atoms with van der Waals surface area (Å²) in [6.45, 7) is 6.91. The van der Waals surface area contributed by atoms with Crippen LogP contribution in [0.2, 0.25) is 0 Å². The smallest absolute Gasteiger partial charge is 0.257 e. The summed E-state index contributed by atoms with van der Waals surface area (Å²) in [4.78, 5) is 13.8. The van der Waals surface area contributed by atoms with Crippen LogP contribution in [0.15, 0.2) is 24.3 Å². The number of rotatable bonds is 7. The Hall–Kier alpha value is -1.59. The number of nitrogens with one attached hydrogen (secondary N) is 1. The monoisotopic (exact) mass is 320 g/mol. The summed E-state index contributed by atoms with van der Waals surface area (Å²) in [6.07, 6.45) is 2.25. The Bertz CT molecular complexity index is 490. The van der Waals surface area contributed by atoms with Gasteiger partial charge in [0.25, 0.3) is 5.91 Å². The fraction of sp³-hybridized carbons (Fsp3) is 0.611. The molecule has 5 nitrogen and oxygen atoms in total. The quantitative estimate of drug-likeness (QED) is 0.804. The van der Waals surface area contributed by atoms with Crippen molar-refractivity contribution < 1.29 is 14.6 Å². The van der Waals surface area contributed by atoms with Gasteiger partial charge in [-0.2, -0.15) is 0 Å². The van der Waals surface area contributed by atoms with Crippen molar-refractivity contribution in [2.24, 2.45) is 5.92 Å². The molecule has 0 aromatic heterocycles. The van der Waals surface area contributed by atoms with Crippen molar-refractivity contribution in [1.82, 2.24) is 10.2 Å². The third-order valence-electron chi connectivity index (χ3n) is 4.42. The van der Waals surface area contributed by atoms with Crippen LogP contribution in [0, 0.1) is 5.92 Å². The topological polar surface area (TPSA) is 61.8 Å². The van der Waals surface area contributed by atoms with E-state index in [0.717, 1.165) is 25.9 Å². The SMILES string of the molecule is CCNC(=O)COc1ccc(CN2CC(CO)CCC2C)cc1. The van der Waals surface area contributed by atoms with Gasteiger partial charge >= 0.3 is 0 Å². The van der Waals surface area contributed by atoms with E-state index in [-0.39, 0.29) is 19.1 Å². The van der Waals surface area contributed by atoms with Crippen molar-refractivity contribution in [3.8, 4) is 5.75 Å². The number of likely N-dealkylation sites (tertiary alicyclic amines) is 1. The van der Waals surface area contributed by atoms with Crippen molar-refractivity contribution in [2.45, 2.75) is 39.3 Å². The van der Waals surface area contributed by atoms with Gasteiger partial charge in [0, 0.05) is 32.3 Å². The molecule has 1 aromatic rings. The van der Waals surface area contributed by atoms with Gasteiger partial charge in [-0.1, -0.05) is 12.1 Å². The lowest BCUT2D eigenvalue weighted by molar-refractivity contribution is -0.122. The molecule has 1 amide bonds. The fourth-order valence-corrected chi connectivity index (χ4v) is 2.95. The van der Waals surface area contributed by atoms with Crippen LogP contribution < -0.4 is 10.1 Å². The molecular weight excluding hydrogens is 292 g/mol. The summed E-state index contributed by atoms with van der Waals surface area (Å²) in [6, 6.07) is 8.45. The number of piperidine rings is 1. The molecule has 2 atom stereocenters. The predicted molar refractivity (Wildman–Crippen MR) is 90.3 cm³/mol. The molecule has 0 radical (unpaired) electrons. The molecule has 1 saturated heterocycles. The Labute approximate surface area is 138 Å². The van der Waals surface area contributed by atoms with Gasteiger partial charge in [0.15, 0.2) is 6.61 Å². The molecule has 128 valence electrons. The minimum absolute atomic E-state index is 0.0501. The van der Waals surface area contributed by atoms with E-state index < -0.39 is 0 Å². The number of carbonyl (C=O) groups is 1. The fourth-order valence-electron chi connectivity index (χ4n) is 2.95. The highest BCUT2D eigenvalue weighted by Crippen LogP contribution is 2.24. The first-order valence-corrected chi connectivity index (χ1v) is 8.45. The maximum Gasteiger partial charge on any atom is 0.257 e. The molecule has 1 heterocycles. The van der Waals surface area contributed by atoms with Crippen molar-refractivity contribution in [1.29, 1.82) is 0 Å². The molecule has 0 bridgehead atoms.